The Morgan fingerprint density at radius 2 is 1.93 bits per heavy atom. The van der Waals surface area contributed by atoms with Crippen molar-refractivity contribution in [3.63, 3.8) is 0 Å². The van der Waals surface area contributed by atoms with Crippen molar-refractivity contribution in [2.45, 2.75) is 25.9 Å². The molecule has 0 atom stereocenters. The molecule has 0 bridgehead atoms. The van der Waals surface area contributed by atoms with E-state index in [0.717, 1.165) is 24.2 Å². The first kappa shape index (κ1) is 22.1. The van der Waals surface area contributed by atoms with Crippen LogP contribution in [0, 0.1) is 0 Å². The molecule has 1 aliphatic rings. The lowest BCUT2D eigenvalue weighted by atomic mass is 10.1. The van der Waals surface area contributed by atoms with Crippen molar-refractivity contribution in [2.24, 2.45) is 10.7 Å². The Labute approximate surface area is 182 Å². The number of likely N-dealkylation sites (tertiary alicyclic amines) is 1. The van der Waals surface area contributed by atoms with Gasteiger partial charge in [-0.2, -0.15) is 0 Å². The molecular weight excluding hydrogens is 402 g/mol. The molecule has 160 valence electrons. The molecule has 6 nitrogen and oxygen atoms in total. The third-order valence-electron chi connectivity index (χ3n) is 5.11. The highest BCUT2D eigenvalue weighted by Crippen LogP contribution is 2.36. The molecule has 2 N–H and O–H groups in total. The van der Waals surface area contributed by atoms with E-state index >= 15 is 0 Å². The number of rotatable bonds is 9. The molecule has 3 rings (SSSR count). The van der Waals surface area contributed by atoms with E-state index in [-0.39, 0.29) is 0 Å². The Hall–Kier alpha value is -2.57. The van der Waals surface area contributed by atoms with E-state index in [1.165, 1.54) is 32.4 Å². The smallest absolute Gasteiger partial charge is 0.248 e. The van der Waals surface area contributed by atoms with Crippen molar-refractivity contribution in [1.82, 2.24) is 4.90 Å². The quantitative estimate of drug-likeness (QED) is 0.612. The number of aliphatic imine (C=N–C) groups is 1. The lowest BCUT2D eigenvalue weighted by molar-refractivity contribution is 0.1000. The average Bonchev–Trinajstić information content (AvgIpc) is 2.76. The SMILES string of the molecule is COc1cc(/C=N/CCN2CCCCC2)cc(Cl)c1OCc1ccc(C(N)=O)cc1. The molecule has 2 aromatic rings. The number of halogens is 1. The van der Waals surface area contributed by atoms with Crippen molar-refractivity contribution >= 4 is 23.7 Å². The number of piperidine rings is 1. The summed E-state index contributed by atoms with van der Waals surface area (Å²) in [4.78, 5) is 18.2. The minimum absolute atomic E-state index is 0.290. The van der Waals surface area contributed by atoms with Crippen LogP contribution >= 0.6 is 11.6 Å². The number of carbonyl (C=O) groups excluding carboxylic acids is 1. The van der Waals surface area contributed by atoms with Gasteiger partial charge in [0, 0.05) is 18.3 Å². The lowest BCUT2D eigenvalue weighted by Gasteiger charge is -2.25. The second kappa shape index (κ2) is 11.0. The summed E-state index contributed by atoms with van der Waals surface area (Å²) in [5.41, 5.74) is 7.48. The molecule has 1 amide bonds. The van der Waals surface area contributed by atoms with Gasteiger partial charge in [0.25, 0.3) is 0 Å². The number of methoxy groups -OCH3 is 1. The highest BCUT2D eigenvalue weighted by atomic mass is 35.5. The van der Waals surface area contributed by atoms with E-state index in [1.807, 2.05) is 18.3 Å². The predicted octanol–water partition coefficient (Wildman–Crippen LogP) is 3.93. The fourth-order valence-corrected chi connectivity index (χ4v) is 3.70. The number of amides is 1. The van der Waals surface area contributed by atoms with Gasteiger partial charge in [0.1, 0.15) is 6.61 Å². The van der Waals surface area contributed by atoms with E-state index in [0.29, 0.717) is 28.7 Å². The van der Waals surface area contributed by atoms with Crippen LogP contribution in [-0.4, -0.2) is 50.3 Å². The van der Waals surface area contributed by atoms with Crippen molar-refractivity contribution < 1.29 is 14.3 Å². The van der Waals surface area contributed by atoms with Crippen LogP contribution in [0.4, 0.5) is 0 Å². The second-order valence-corrected chi connectivity index (χ2v) is 7.73. The minimum Gasteiger partial charge on any atom is -0.493 e. The first-order chi connectivity index (χ1) is 14.6. The fraction of sp³-hybridized carbons (Fsp3) is 0.391. The summed E-state index contributed by atoms with van der Waals surface area (Å²) in [5, 5.41) is 0.459. The van der Waals surface area contributed by atoms with Gasteiger partial charge in [0.2, 0.25) is 5.91 Å². The summed E-state index contributed by atoms with van der Waals surface area (Å²) >= 11 is 6.44. The third kappa shape index (κ3) is 6.21. The Bertz CT molecular complexity index is 878. The Morgan fingerprint density at radius 1 is 1.20 bits per heavy atom. The molecule has 0 radical (unpaired) electrons. The maximum Gasteiger partial charge on any atom is 0.248 e. The lowest BCUT2D eigenvalue weighted by Crippen LogP contribution is -2.31. The zero-order chi connectivity index (χ0) is 21.3. The Morgan fingerprint density at radius 3 is 2.60 bits per heavy atom. The highest BCUT2D eigenvalue weighted by molar-refractivity contribution is 6.32. The number of benzene rings is 2. The summed E-state index contributed by atoms with van der Waals surface area (Å²) in [6, 6.07) is 10.6. The zero-order valence-electron chi connectivity index (χ0n) is 17.3. The van der Waals surface area contributed by atoms with Crippen LogP contribution in [0.25, 0.3) is 0 Å². The van der Waals surface area contributed by atoms with E-state index in [4.69, 9.17) is 26.8 Å². The van der Waals surface area contributed by atoms with Gasteiger partial charge in [-0.05, 0) is 61.3 Å². The number of primary amides is 1. The van der Waals surface area contributed by atoms with E-state index in [1.54, 1.807) is 31.4 Å². The highest BCUT2D eigenvalue weighted by Gasteiger charge is 2.12. The summed E-state index contributed by atoms with van der Waals surface area (Å²) in [5.74, 6) is 0.567. The van der Waals surface area contributed by atoms with Crippen LogP contribution in [0.3, 0.4) is 0 Å². The molecule has 1 heterocycles. The Balaban J connectivity index is 1.60. The molecule has 0 saturated carbocycles. The number of hydrogen-bond acceptors (Lipinski definition) is 5. The van der Waals surface area contributed by atoms with E-state index in [2.05, 4.69) is 9.89 Å². The number of nitrogens with zero attached hydrogens (tertiary/aromatic N) is 2. The number of carbonyl (C=O) groups is 1. The molecule has 0 aromatic heterocycles. The predicted molar refractivity (Wildman–Crippen MR) is 120 cm³/mol. The number of nitrogens with two attached hydrogens (primary N) is 1. The maximum atomic E-state index is 11.2. The zero-order valence-corrected chi connectivity index (χ0v) is 18.0. The molecule has 30 heavy (non-hydrogen) atoms. The van der Waals surface area contributed by atoms with Gasteiger partial charge in [-0.3, -0.25) is 9.79 Å². The second-order valence-electron chi connectivity index (χ2n) is 7.32. The van der Waals surface area contributed by atoms with Crippen LogP contribution in [0.2, 0.25) is 5.02 Å². The van der Waals surface area contributed by atoms with Crippen molar-refractivity contribution in [3.8, 4) is 11.5 Å². The van der Waals surface area contributed by atoms with Crippen LogP contribution < -0.4 is 15.2 Å². The van der Waals surface area contributed by atoms with Gasteiger partial charge in [0.05, 0.1) is 18.7 Å². The van der Waals surface area contributed by atoms with E-state index < -0.39 is 5.91 Å². The molecule has 1 aliphatic heterocycles. The largest absolute Gasteiger partial charge is 0.493 e. The normalized spacial score (nSPS) is 14.7. The molecule has 0 aliphatic carbocycles. The molecule has 7 heteroatoms. The number of ether oxygens (including phenoxy) is 2. The van der Waals surface area contributed by atoms with Gasteiger partial charge in [-0.15, -0.1) is 0 Å². The molecule has 1 fully saturated rings. The van der Waals surface area contributed by atoms with E-state index in [9.17, 15) is 4.79 Å². The van der Waals surface area contributed by atoms with Gasteiger partial charge in [0.15, 0.2) is 11.5 Å². The van der Waals surface area contributed by atoms with Crippen LogP contribution in [0.5, 0.6) is 11.5 Å². The molecule has 1 saturated heterocycles. The van der Waals surface area contributed by atoms with Gasteiger partial charge in [-0.25, -0.2) is 0 Å². The summed E-state index contributed by atoms with van der Waals surface area (Å²) in [6.07, 6.45) is 5.73. The summed E-state index contributed by atoms with van der Waals surface area (Å²) in [6.45, 7) is 4.38. The van der Waals surface area contributed by atoms with Gasteiger partial charge in [-0.1, -0.05) is 30.2 Å². The standard InChI is InChI=1S/C23H28ClN3O3/c1-29-21-14-18(15-26-9-12-27-10-3-2-4-11-27)13-20(24)22(21)30-16-17-5-7-19(8-6-17)23(25)28/h5-8,13-15H,2-4,9-12,16H2,1H3,(H2,25,28)/b26-15+. The summed E-state index contributed by atoms with van der Waals surface area (Å²) in [7, 11) is 1.58. The average molecular weight is 430 g/mol. The van der Waals surface area contributed by atoms with Crippen LogP contribution in [0.15, 0.2) is 41.4 Å². The first-order valence-corrected chi connectivity index (χ1v) is 10.6. The fourth-order valence-electron chi connectivity index (χ4n) is 3.43. The molecule has 0 unspecified atom stereocenters. The van der Waals surface area contributed by atoms with Crippen molar-refractivity contribution in [1.29, 1.82) is 0 Å². The van der Waals surface area contributed by atoms with Crippen molar-refractivity contribution in [2.75, 3.05) is 33.3 Å². The monoisotopic (exact) mass is 429 g/mol. The summed E-state index contributed by atoms with van der Waals surface area (Å²) < 4.78 is 11.3. The van der Waals surface area contributed by atoms with Crippen molar-refractivity contribution in [3.05, 3.63) is 58.1 Å². The van der Waals surface area contributed by atoms with Gasteiger partial charge < -0.3 is 20.1 Å². The van der Waals surface area contributed by atoms with Crippen LogP contribution in [-0.2, 0) is 6.61 Å². The molecule has 2 aromatic carbocycles. The topological polar surface area (TPSA) is 77.2 Å². The van der Waals surface area contributed by atoms with Crippen LogP contribution in [0.1, 0.15) is 40.7 Å². The molecular formula is C23H28ClN3O3. The molecule has 0 spiro atoms. The third-order valence-corrected chi connectivity index (χ3v) is 5.39. The first-order valence-electron chi connectivity index (χ1n) is 10.2. The number of hydrogen-bond donors (Lipinski definition) is 1. The minimum atomic E-state index is -0.458. The Kier molecular flexibility index (Phi) is 8.11. The van der Waals surface area contributed by atoms with Gasteiger partial charge >= 0.3 is 0 Å². The maximum absolute atomic E-state index is 11.2.